The van der Waals surface area contributed by atoms with E-state index in [0.29, 0.717) is 6.04 Å². The lowest BCUT2D eigenvalue weighted by Crippen LogP contribution is -2.47. The molecule has 1 unspecified atom stereocenters. The maximum absolute atomic E-state index is 2.50. The van der Waals surface area contributed by atoms with Gasteiger partial charge in [0.05, 0.1) is 18.4 Å². The van der Waals surface area contributed by atoms with Gasteiger partial charge in [-0.05, 0) is 57.2 Å². The van der Waals surface area contributed by atoms with Gasteiger partial charge in [0.15, 0.2) is 17.5 Å². The highest BCUT2D eigenvalue weighted by atomic mass is 15.4. The molecule has 0 saturated heterocycles. The van der Waals surface area contributed by atoms with E-state index in [0.717, 1.165) is 0 Å². The summed E-state index contributed by atoms with van der Waals surface area (Å²) in [6.45, 7) is 6.83. The molecule has 1 aliphatic rings. The Labute approximate surface area is 178 Å². The standard InChI is InChI=1S/C26H29N4/c1-18(2)29-19(3)30(24-14-9-8-13-23(24)29)26-16-10-15-22(28(26)5)25-17-20-11-6-7-12-21(20)27(25)4/h6-19H,1-5H3/q+1. The predicted octanol–water partition coefficient (Wildman–Crippen LogP) is 5.38. The maximum Gasteiger partial charge on any atom is 0.283 e. The minimum Gasteiger partial charge on any atom is -0.341 e. The molecule has 5 rings (SSSR count). The molecule has 152 valence electrons. The Hall–Kier alpha value is -3.27. The van der Waals surface area contributed by atoms with E-state index in [9.17, 15) is 0 Å². The van der Waals surface area contributed by atoms with E-state index in [1.165, 1.54) is 39.5 Å². The summed E-state index contributed by atoms with van der Waals surface area (Å²) in [7, 11) is 4.33. The summed E-state index contributed by atoms with van der Waals surface area (Å²) in [4.78, 5) is 4.96. The first-order valence-corrected chi connectivity index (χ1v) is 10.7. The summed E-state index contributed by atoms with van der Waals surface area (Å²) < 4.78 is 4.61. The van der Waals surface area contributed by atoms with Gasteiger partial charge in [0.25, 0.3) is 5.82 Å². The van der Waals surface area contributed by atoms with Gasteiger partial charge in [-0.1, -0.05) is 30.3 Å². The molecule has 2 aromatic heterocycles. The van der Waals surface area contributed by atoms with Gasteiger partial charge in [-0.2, -0.15) is 0 Å². The SMILES string of the molecule is CC(C)N1c2ccccc2N(c2cccc(-c3cc4ccccc4n3C)[n+]2C)C1C. The van der Waals surface area contributed by atoms with Crippen LogP contribution in [0.4, 0.5) is 17.2 Å². The second-order valence-corrected chi connectivity index (χ2v) is 8.47. The summed E-state index contributed by atoms with van der Waals surface area (Å²) in [5, 5.41) is 1.27. The molecule has 0 bridgehead atoms. The van der Waals surface area contributed by atoms with Crippen LogP contribution in [0.2, 0.25) is 0 Å². The second kappa shape index (κ2) is 6.91. The normalized spacial score (nSPS) is 16.0. The molecule has 1 atom stereocenters. The number of anilines is 3. The van der Waals surface area contributed by atoms with Crippen molar-refractivity contribution in [3.63, 3.8) is 0 Å². The van der Waals surface area contributed by atoms with Crippen LogP contribution in [0.25, 0.3) is 22.3 Å². The first kappa shape index (κ1) is 18.7. The first-order chi connectivity index (χ1) is 14.5. The topological polar surface area (TPSA) is 15.3 Å². The van der Waals surface area contributed by atoms with Gasteiger partial charge < -0.3 is 9.47 Å². The fourth-order valence-corrected chi connectivity index (χ4v) is 5.04. The predicted molar refractivity (Wildman–Crippen MR) is 125 cm³/mol. The molecule has 0 N–H and O–H groups in total. The average molecular weight is 398 g/mol. The quantitative estimate of drug-likeness (QED) is 0.431. The molecule has 0 radical (unpaired) electrons. The van der Waals surface area contributed by atoms with Crippen LogP contribution in [0, 0.1) is 0 Å². The zero-order chi connectivity index (χ0) is 21.0. The van der Waals surface area contributed by atoms with Crippen LogP contribution in [0.15, 0.2) is 72.8 Å². The Morgan fingerprint density at radius 2 is 1.57 bits per heavy atom. The Morgan fingerprint density at radius 3 is 2.30 bits per heavy atom. The molecule has 0 spiro atoms. The molecule has 0 saturated carbocycles. The maximum atomic E-state index is 2.50. The van der Waals surface area contributed by atoms with Gasteiger partial charge in [-0.15, -0.1) is 0 Å². The zero-order valence-corrected chi connectivity index (χ0v) is 18.4. The number of rotatable bonds is 3. The summed E-state index contributed by atoms with van der Waals surface area (Å²) in [6, 6.07) is 26.6. The molecular weight excluding hydrogens is 368 g/mol. The van der Waals surface area contributed by atoms with Crippen molar-refractivity contribution in [1.82, 2.24) is 4.57 Å². The Kier molecular flexibility index (Phi) is 4.31. The summed E-state index contributed by atoms with van der Waals surface area (Å²) in [5.41, 5.74) is 6.25. The Bertz CT molecular complexity index is 1240. The number of aromatic nitrogens is 2. The van der Waals surface area contributed by atoms with Crippen LogP contribution in [0.5, 0.6) is 0 Å². The molecule has 0 amide bonds. The van der Waals surface area contributed by atoms with Crippen molar-refractivity contribution in [2.75, 3.05) is 9.80 Å². The number of hydrogen-bond donors (Lipinski definition) is 0. The van der Waals surface area contributed by atoms with Crippen molar-refractivity contribution in [2.45, 2.75) is 33.0 Å². The van der Waals surface area contributed by atoms with Crippen LogP contribution >= 0.6 is 0 Å². The fraction of sp³-hybridized carbons (Fsp3) is 0.269. The average Bonchev–Trinajstić information content (AvgIpc) is 3.22. The second-order valence-electron chi connectivity index (χ2n) is 8.47. The highest BCUT2D eigenvalue weighted by Gasteiger charge is 2.42. The number of fused-ring (bicyclic) bond motifs is 2. The van der Waals surface area contributed by atoms with Gasteiger partial charge in [-0.3, -0.25) is 0 Å². The van der Waals surface area contributed by atoms with E-state index in [-0.39, 0.29) is 6.17 Å². The lowest BCUT2D eigenvalue weighted by molar-refractivity contribution is -0.647. The van der Waals surface area contributed by atoms with Crippen molar-refractivity contribution in [3.8, 4) is 11.4 Å². The third-order valence-electron chi connectivity index (χ3n) is 6.42. The monoisotopic (exact) mass is 397 g/mol. The number of pyridine rings is 1. The molecule has 4 heteroatoms. The van der Waals surface area contributed by atoms with E-state index in [1.54, 1.807) is 0 Å². The van der Waals surface area contributed by atoms with Crippen molar-refractivity contribution >= 4 is 28.1 Å². The van der Waals surface area contributed by atoms with E-state index >= 15 is 0 Å². The van der Waals surface area contributed by atoms with Gasteiger partial charge in [0, 0.05) is 30.1 Å². The van der Waals surface area contributed by atoms with E-state index < -0.39 is 0 Å². The van der Waals surface area contributed by atoms with Gasteiger partial charge in [0.1, 0.15) is 0 Å². The lowest BCUT2D eigenvalue weighted by Gasteiger charge is -2.28. The number of benzene rings is 2. The molecule has 4 aromatic rings. The number of nitrogens with zero attached hydrogens (tertiary/aromatic N) is 4. The third-order valence-corrected chi connectivity index (χ3v) is 6.42. The van der Waals surface area contributed by atoms with Crippen molar-refractivity contribution in [1.29, 1.82) is 0 Å². The third kappa shape index (κ3) is 2.63. The minimum atomic E-state index is 0.247. The van der Waals surface area contributed by atoms with Crippen LogP contribution in [-0.2, 0) is 14.1 Å². The number of aryl methyl sites for hydroxylation is 1. The summed E-state index contributed by atoms with van der Waals surface area (Å²) >= 11 is 0. The van der Waals surface area contributed by atoms with Crippen LogP contribution in [-0.4, -0.2) is 16.8 Å². The Morgan fingerprint density at radius 1 is 0.867 bits per heavy atom. The van der Waals surface area contributed by atoms with Gasteiger partial charge in [0.2, 0.25) is 0 Å². The lowest BCUT2D eigenvalue weighted by atomic mass is 10.2. The highest BCUT2D eigenvalue weighted by Crippen LogP contribution is 2.44. The summed E-state index contributed by atoms with van der Waals surface area (Å²) in [6.07, 6.45) is 0.247. The van der Waals surface area contributed by atoms with Crippen molar-refractivity contribution in [3.05, 3.63) is 72.8 Å². The smallest absolute Gasteiger partial charge is 0.283 e. The highest BCUT2D eigenvalue weighted by molar-refractivity contribution is 5.86. The largest absolute Gasteiger partial charge is 0.341 e. The molecular formula is C26H29N4+. The van der Waals surface area contributed by atoms with E-state index in [2.05, 4.69) is 127 Å². The molecule has 2 aromatic carbocycles. The zero-order valence-electron chi connectivity index (χ0n) is 18.4. The number of para-hydroxylation sites is 3. The van der Waals surface area contributed by atoms with Gasteiger partial charge in [-0.25, -0.2) is 9.47 Å². The molecule has 3 heterocycles. The van der Waals surface area contributed by atoms with Gasteiger partial charge >= 0.3 is 0 Å². The molecule has 1 aliphatic heterocycles. The van der Waals surface area contributed by atoms with Crippen molar-refractivity contribution < 1.29 is 4.57 Å². The van der Waals surface area contributed by atoms with E-state index in [4.69, 9.17) is 0 Å². The van der Waals surface area contributed by atoms with Crippen LogP contribution < -0.4 is 14.4 Å². The number of hydrogen-bond acceptors (Lipinski definition) is 2. The fourth-order valence-electron chi connectivity index (χ4n) is 5.04. The molecule has 4 nitrogen and oxygen atoms in total. The van der Waals surface area contributed by atoms with Crippen LogP contribution in [0.3, 0.4) is 0 Å². The minimum absolute atomic E-state index is 0.247. The summed E-state index contributed by atoms with van der Waals surface area (Å²) in [5.74, 6) is 1.20. The molecule has 30 heavy (non-hydrogen) atoms. The molecule has 0 aliphatic carbocycles. The molecule has 0 fully saturated rings. The van der Waals surface area contributed by atoms with E-state index in [1.807, 2.05) is 0 Å². The first-order valence-electron chi connectivity index (χ1n) is 10.7. The Balaban J connectivity index is 1.68. The van der Waals surface area contributed by atoms with Crippen molar-refractivity contribution in [2.24, 2.45) is 14.1 Å². The van der Waals surface area contributed by atoms with Crippen LogP contribution in [0.1, 0.15) is 20.8 Å².